The number of methoxy groups -OCH3 is 1. The summed E-state index contributed by atoms with van der Waals surface area (Å²) in [5.74, 6) is -2.87. The summed E-state index contributed by atoms with van der Waals surface area (Å²) in [6.45, 7) is 0.306. The van der Waals surface area contributed by atoms with Crippen molar-refractivity contribution in [3.8, 4) is 0 Å². The second-order valence-corrected chi connectivity index (χ2v) is 3.77. The lowest BCUT2D eigenvalue weighted by Gasteiger charge is -2.33. The number of aliphatic carboxylic acids is 1. The lowest BCUT2D eigenvalue weighted by atomic mass is 10.2. The van der Waals surface area contributed by atoms with Gasteiger partial charge in [-0.25, -0.2) is 14.4 Å². The number of hydrogen-bond acceptors (Lipinski definition) is 6. The molecule has 0 spiro atoms. The summed E-state index contributed by atoms with van der Waals surface area (Å²) in [7, 11) is 1.17. The number of carboxylic acids is 1. The molecule has 0 aromatic heterocycles. The maximum atomic E-state index is 11.8. The van der Waals surface area contributed by atoms with Crippen molar-refractivity contribution in [1.29, 1.82) is 0 Å². The van der Waals surface area contributed by atoms with E-state index in [9.17, 15) is 19.2 Å². The molecule has 1 unspecified atom stereocenters. The zero-order chi connectivity index (χ0) is 15.1. The molecule has 1 rings (SSSR count). The van der Waals surface area contributed by atoms with Crippen molar-refractivity contribution < 1.29 is 33.8 Å². The van der Waals surface area contributed by atoms with E-state index < -0.39 is 29.9 Å². The molecule has 1 saturated heterocycles. The fraction of sp³-hybridized carbons (Fsp3) is 0.455. The van der Waals surface area contributed by atoms with E-state index in [2.05, 4.69) is 4.74 Å². The zero-order valence-electron chi connectivity index (χ0n) is 10.7. The molecule has 1 aliphatic rings. The van der Waals surface area contributed by atoms with Crippen molar-refractivity contribution in [1.82, 2.24) is 10.2 Å². The molecule has 3 amide bonds. The van der Waals surface area contributed by atoms with E-state index in [1.807, 2.05) is 5.32 Å². The molecule has 0 saturated carbocycles. The first-order valence-electron chi connectivity index (χ1n) is 5.64. The molecule has 0 radical (unpaired) electrons. The topological polar surface area (TPSA) is 122 Å². The Morgan fingerprint density at radius 2 is 2.05 bits per heavy atom. The van der Waals surface area contributed by atoms with Crippen LogP contribution in [0.1, 0.15) is 0 Å². The molecule has 20 heavy (non-hydrogen) atoms. The number of esters is 1. The van der Waals surface area contributed by atoms with Crippen molar-refractivity contribution in [2.75, 3.05) is 26.9 Å². The Labute approximate surface area is 114 Å². The summed E-state index contributed by atoms with van der Waals surface area (Å²) < 4.78 is 9.61. The van der Waals surface area contributed by atoms with Gasteiger partial charge in [0, 0.05) is 18.7 Å². The summed E-state index contributed by atoms with van der Waals surface area (Å²) >= 11 is 0. The van der Waals surface area contributed by atoms with Gasteiger partial charge in [0.1, 0.15) is 0 Å². The SMILES string of the molecule is COC(=O)C1COCCN1C(=O)NC(=O)/C=C/C(=O)O. The van der Waals surface area contributed by atoms with Crippen LogP contribution in [-0.2, 0) is 23.9 Å². The average Bonchev–Trinajstić information content (AvgIpc) is 2.44. The molecule has 9 nitrogen and oxygen atoms in total. The highest BCUT2D eigenvalue weighted by atomic mass is 16.5. The van der Waals surface area contributed by atoms with E-state index in [4.69, 9.17) is 9.84 Å². The van der Waals surface area contributed by atoms with Crippen LogP contribution in [-0.4, -0.2) is 66.8 Å². The minimum Gasteiger partial charge on any atom is -0.478 e. The Hall–Kier alpha value is -2.42. The minimum atomic E-state index is -1.31. The van der Waals surface area contributed by atoms with Crippen LogP contribution < -0.4 is 5.32 Å². The number of nitrogens with zero attached hydrogens (tertiary/aromatic N) is 1. The van der Waals surface area contributed by atoms with Crippen molar-refractivity contribution in [3.63, 3.8) is 0 Å². The van der Waals surface area contributed by atoms with E-state index in [0.29, 0.717) is 12.2 Å². The lowest BCUT2D eigenvalue weighted by molar-refractivity contribution is -0.151. The molecule has 0 aromatic rings. The number of urea groups is 1. The van der Waals surface area contributed by atoms with Gasteiger partial charge in [-0.15, -0.1) is 0 Å². The van der Waals surface area contributed by atoms with Crippen molar-refractivity contribution >= 4 is 23.9 Å². The van der Waals surface area contributed by atoms with Gasteiger partial charge in [-0.05, 0) is 0 Å². The van der Waals surface area contributed by atoms with Crippen LogP contribution in [0.15, 0.2) is 12.2 Å². The first-order chi connectivity index (χ1) is 9.45. The van der Waals surface area contributed by atoms with Gasteiger partial charge in [0.05, 0.1) is 20.3 Å². The maximum Gasteiger partial charge on any atom is 0.331 e. The first kappa shape index (κ1) is 15.6. The Bertz CT molecular complexity index is 446. The van der Waals surface area contributed by atoms with Crippen LogP contribution in [0.2, 0.25) is 0 Å². The molecular formula is C11H14N2O7. The molecule has 110 valence electrons. The van der Waals surface area contributed by atoms with Crippen LogP contribution in [0.4, 0.5) is 4.79 Å². The number of carbonyl (C=O) groups excluding carboxylic acids is 3. The standard InChI is InChI=1S/C11H14N2O7/c1-19-10(17)7-6-20-5-4-13(7)11(18)12-8(14)2-3-9(15)16/h2-3,7H,4-6H2,1H3,(H,15,16)(H,12,14,18)/b3-2+. The van der Waals surface area contributed by atoms with Gasteiger partial charge >= 0.3 is 18.0 Å². The molecule has 1 fully saturated rings. The smallest absolute Gasteiger partial charge is 0.331 e. The molecule has 1 atom stereocenters. The Kier molecular flexibility index (Phi) is 5.66. The van der Waals surface area contributed by atoms with Crippen LogP contribution >= 0.6 is 0 Å². The van der Waals surface area contributed by atoms with E-state index in [1.54, 1.807) is 0 Å². The quantitative estimate of drug-likeness (QED) is 0.490. The third-order valence-electron chi connectivity index (χ3n) is 2.47. The Morgan fingerprint density at radius 1 is 1.35 bits per heavy atom. The zero-order valence-corrected chi connectivity index (χ0v) is 10.7. The normalized spacial score (nSPS) is 18.6. The summed E-state index contributed by atoms with van der Waals surface area (Å²) in [5.41, 5.74) is 0. The molecule has 2 N–H and O–H groups in total. The number of rotatable bonds is 3. The highest BCUT2D eigenvalue weighted by Gasteiger charge is 2.34. The predicted molar refractivity (Wildman–Crippen MR) is 63.6 cm³/mol. The highest BCUT2D eigenvalue weighted by Crippen LogP contribution is 2.08. The monoisotopic (exact) mass is 286 g/mol. The largest absolute Gasteiger partial charge is 0.478 e. The minimum absolute atomic E-state index is 0.0285. The van der Waals surface area contributed by atoms with Gasteiger partial charge in [-0.2, -0.15) is 0 Å². The summed E-state index contributed by atoms with van der Waals surface area (Å²) in [5, 5.41) is 10.3. The van der Waals surface area contributed by atoms with Crippen molar-refractivity contribution in [2.45, 2.75) is 6.04 Å². The first-order valence-corrected chi connectivity index (χ1v) is 5.64. The fourth-order valence-corrected chi connectivity index (χ4v) is 1.54. The van der Waals surface area contributed by atoms with E-state index in [-0.39, 0.29) is 19.8 Å². The van der Waals surface area contributed by atoms with Gasteiger partial charge < -0.3 is 19.5 Å². The van der Waals surface area contributed by atoms with Crippen LogP contribution in [0, 0.1) is 0 Å². The summed E-state index contributed by atoms with van der Waals surface area (Å²) in [4.78, 5) is 45.9. The number of hydrogen-bond donors (Lipinski definition) is 2. The molecule has 0 aromatic carbocycles. The molecule has 9 heteroatoms. The number of ether oxygens (including phenoxy) is 2. The average molecular weight is 286 g/mol. The van der Waals surface area contributed by atoms with Crippen molar-refractivity contribution in [2.24, 2.45) is 0 Å². The maximum absolute atomic E-state index is 11.8. The third-order valence-corrected chi connectivity index (χ3v) is 2.47. The fourth-order valence-electron chi connectivity index (χ4n) is 1.54. The van der Waals surface area contributed by atoms with Crippen LogP contribution in [0.5, 0.6) is 0 Å². The highest BCUT2D eigenvalue weighted by molar-refractivity contribution is 6.03. The Morgan fingerprint density at radius 3 is 2.65 bits per heavy atom. The number of amides is 3. The van der Waals surface area contributed by atoms with Gasteiger partial charge in [0.15, 0.2) is 6.04 Å². The number of imide groups is 1. The summed E-state index contributed by atoms with van der Waals surface area (Å²) in [6, 6.07) is -1.76. The van der Waals surface area contributed by atoms with Crippen LogP contribution in [0.3, 0.4) is 0 Å². The third kappa shape index (κ3) is 4.35. The number of carbonyl (C=O) groups is 4. The number of nitrogens with one attached hydrogen (secondary N) is 1. The molecule has 1 heterocycles. The van der Waals surface area contributed by atoms with E-state index in [0.717, 1.165) is 4.90 Å². The number of carboxylic acid groups (broad SMARTS) is 1. The van der Waals surface area contributed by atoms with E-state index in [1.165, 1.54) is 7.11 Å². The van der Waals surface area contributed by atoms with Crippen LogP contribution in [0.25, 0.3) is 0 Å². The van der Waals surface area contributed by atoms with Gasteiger partial charge in [-0.3, -0.25) is 10.1 Å². The molecular weight excluding hydrogens is 272 g/mol. The Balaban J connectivity index is 2.66. The van der Waals surface area contributed by atoms with Gasteiger partial charge in [-0.1, -0.05) is 0 Å². The number of morpholine rings is 1. The van der Waals surface area contributed by atoms with Gasteiger partial charge in [0.25, 0.3) is 5.91 Å². The predicted octanol–water partition coefficient (Wildman–Crippen LogP) is -1.26. The van der Waals surface area contributed by atoms with E-state index >= 15 is 0 Å². The second-order valence-electron chi connectivity index (χ2n) is 3.77. The second kappa shape index (κ2) is 7.24. The van der Waals surface area contributed by atoms with Gasteiger partial charge in [0.2, 0.25) is 0 Å². The molecule has 0 aliphatic carbocycles. The van der Waals surface area contributed by atoms with Crippen molar-refractivity contribution in [3.05, 3.63) is 12.2 Å². The lowest BCUT2D eigenvalue weighted by Crippen LogP contribution is -2.56. The molecule has 1 aliphatic heterocycles. The molecule has 0 bridgehead atoms. The summed E-state index contributed by atoms with van der Waals surface area (Å²) in [6.07, 6.45) is 1.30.